The minimum atomic E-state index is -0.0350. The van der Waals surface area contributed by atoms with Crippen molar-refractivity contribution >= 4 is 17.6 Å². The molecule has 0 bridgehead atoms. The molecule has 0 spiro atoms. The first-order chi connectivity index (χ1) is 15.1. The van der Waals surface area contributed by atoms with Crippen molar-refractivity contribution in [3.05, 3.63) is 71.7 Å². The van der Waals surface area contributed by atoms with Gasteiger partial charge in [-0.3, -0.25) is 4.99 Å². The quantitative estimate of drug-likeness (QED) is 0.521. The van der Waals surface area contributed by atoms with E-state index in [0.717, 1.165) is 35.9 Å². The molecule has 31 heavy (non-hydrogen) atoms. The van der Waals surface area contributed by atoms with Gasteiger partial charge in [-0.2, -0.15) is 0 Å². The summed E-state index contributed by atoms with van der Waals surface area (Å²) in [4.78, 5) is 6.95. The number of likely N-dealkylation sites (N-methyl/N-ethyl adjacent to an activating group) is 1. The van der Waals surface area contributed by atoms with E-state index >= 15 is 0 Å². The summed E-state index contributed by atoms with van der Waals surface area (Å²) < 4.78 is 2.28. The second-order valence-corrected chi connectivity index (χ2v) is 8.98. The highest BCUT2D eigenvalue weighted by molar-refractivity contribution is 5.81. The first-order valence-electron chi connectivity index (χ1n) is 11.2. The highest BCUT2D eigenvalue weighted by Gasteiger charge is 2.37. The predicted molar refractivity (Wildman–Crippen MR) is 127 cm³/mol. The SMILES string of the molecule is CN1C(=CC=Nc2ccc(-c3nnc4n3CCCCC4)cc2)C(C)(C)c2ccccc21. The van der Waals surface area contributed by atoms with Gasteiger partial charge in [0.1, 0.15) is 5.82 Å². The Kier molecular flexibility index (Phi) is 4.97. The van der Waals surface area contributed by atoms with E-state index in [1.54, 1.807) is 0 Å². The molecule has 0 fully saturated rings. The lowest BCUT2D eigenvalue weighted by Crippen LogP contribution is -2.22. The Morgan fingerprint density at radius 3 is 2.58 bits per heavy atom. The zero-order valence-corrected chi connectivity index (χ0v) is 18.5. The molecule has 0 aliphatic carbocycles. The fraction of sp³-hybridized carbons (Fsp3) is 0.346. The van der Waals surface area contributed by atoms with Crippen LogP contribution in [-0.4, -0.2) is 28.0 Å². The zero-order valence-electron chi connectivity index (χ0n) is 18.5. The lowest BCUT2D eigenvalue weighted by atomic mass is 9.84. The van der Waals surface area contributed by atoms with Crippen molar-refractivity contribution in [2.24, 2.45) is 4.99 Å². The van der Waals surface area contributed by atoms with E-state index in [2.05, 4.69) is 100 Å². The number of hydrogen-bond acceptors (Lipinski definition) is 4. The van der Waals surface area contributed by atoms with Crippen LogP contribution in [0.5, 0.6) is 0 Å². The summed E-state index contributed by atoms with van der Waals surface area (Å²) >= 11 is 0. The van der Waals surface area contributed by atoms with Gasteiger partial charge < -0.3 is 9.47 Å². The Balaban J connectivity index is 1.36. The molecule has 5 nitrogen and oxygen atoms in total. The molecule has 2 aliphatic rings. The van der Waals surface area contributed by atoms with Crippen LogP contribution in [0.3, 0.4) is 0 Å². The third-order valence-corrected chi connectivity index (χ3v) is 6.63. The summed E-state index contributed by atoms with van der Waals surface area (Å²) in [5.74, 6) is 2.09. The van der Waals surface area contributed by atoms with E-state index < -0.39 is 0 Å². The molecule has 1 aromatic heterocycles. The molecule has 2 aliphatic heterocycles. The van der Waals surface area contributed by atoms with Crippen LogP contribution < -0.4 is 4.90 Å². The Labute approximate surface area is 184 Å². The Hall–Kier alpha value is -3.21. The average molecular weight is 412 g/mol. The molecule has 0 atom stereocenters. The number of allylic oxidation sites excluding steroid dienone is 2. The predicted octanol–water partition coefficient (Wildman–Crippen LogP) is 5.69. The van der Waals surface area contributed by atoms with E-state index in [4.69, 9.17) is 0 Å². The maximum atomic E-state index is 4.69. The minimum absolute atomic E-state index is 0.0350. The Morgan fingerprint density at radius 1 is 0.968 bits per heavy atom. The van der Waals surface area contributed by atoms with Crippen LogP contribution in [0.2, 0.25) is 0 Å². The maximum absolute atomic E-state index is 4.69. The van der Waals surface area contributed by atoms with Crippen molar-refractivity contribution in [1.29, 1.82) is 0 Å². The molecule has 3 heterocycles. The standard InChI is InChI=1S/C26H29N5/c1-26(2)21-9-6-7-10-22(21)30(3)23(26)16-17-27-20-14-12-19(13-15-20)25-29-28-24-11-5-4-8-18-31(24)25/h6-7,9-10,12-17H,4-5,8,11,18H2,1-3H3. The Bertz CT molecular complexity index is 1150. The average Bonchev–Trinajstić information content (AvgIpc) is 3.14. The lowest BCUT2D eigenvalue weighted by molar-refractivity contribution is 0.636. The van der Waals surface area contributed by atoms with Crippen LogP contribution in [0, 0.1) is 0 Å². The third kappa shape index (κ3) is 3.48. The molecule has 0 amide bonds. The van der Waals surface area contributed by atoms with Gasteiger partial charge in [0, 0.05) is 48.6 Å². The number of anilines is 1. The smallest absolute Gasteiger partial charge is 0.163 e. The number of aromatic nitrogens is 3. The highest BCUT2D eigenvalue weighted by atomic mass is 15.3. The van der Waals surface area contributed by atoms with Gasteiger partial charge in [-0.05, 0) is 54.8 Å². The summed E-state index contributed by atoms with van der Waals surface area (Å²) in [6, 6.07) is 16.9. The third-order valence-electron chi connectivity index (χ3n) is 6.63. The molecule has 158 valence electrons. The molecule has 0 N–H and O–H groups in total. The van der Waals surface area contributed by atoms with Crippen LogP contribution in [0.25, 0.3) is 11.4 Å². The normalized spacial score (nSPS) is 18.9. The molecular formula is C26H29N5. The van der Waals surface area contributed by atoms with Gasteiger partial charge in [-0.25, -0.2) is 0 Å². The van der Waals surface area contributed by atoms with Crippen molar-refractivity contribution in [2.75, 3.05) is 11.9 Å². The molecule has 0 radical (unpaired) electrons. The van der Waals surface area contributed by atoms with Crippen LogP contribution in [0.4, 0.5) is 11.4 Å². The van der Waals surface area contributed by atoms with Crippen LogP contribution in [0.15, 0.2) is 65.3 Å². The number of nitrogens with zero attached hydrogens (tertiary/aromatic N) is 5. The number of aryl methyl sites for hydroxylation is 1. The number of hydrogen-bond donors (Lipinski definition) is 0. The molecule has 5 heteroatoms. The Morgan fingerprint density at radius 2 is 1.77 bits per heavy atom. The number of rotatable bonds is 3. The van der Waals surface area contributed by atoms with Crippen molar-refractivity contribution in [3.8, 4) is 11.4 Å². The van der Waals surface area contributed by atoms with E-state index in [1.165, 1.54) is 36.2 Å². The summed E-state index contributed by atoms with van der Waals surface area (Å²) in [6.45, 7) is 5.55. The minimum Gasteiger partial charge on any atom is -0.347 e. The molecule has 0 saturated heterocycles. The van der Waals surface area contributed by atoms with Crippen molar-refractivity contribution in [2.45, 2.75) is 51.5 Å². The molecule has 3 aromatic rings. The van der Waals surface area contributed by atoms with E-state index in [1.807, 2.05) is 6.21 Å². The topological polar surface area (TPSA) is 46.3 Å². The van der Waals surface area contributed by atoms with Gasteiger partial charge in [0.05, 0.1) is 5.69 Å². The number of benzene rings is 2. The van der Waals surface area contributed by atoms with E-state index in [0.29, 0.717) is 0 Å². The zero-order chi connectivity index (χ0) is 21.4. The monoisotopic (exact) mass is 411 g/mol. The first kappa shape index (κ1) is 19.7. The van der Waals surface area contributed by atoms with Gasteiger partial charge >= 0.3 is 0 Å². The number of aliphatic imine (C=N–C) groups is 1. The van der Waals surface area contributed by atoms with Crippen molar-refractivity contribution in [3.63, 3.8) is 0 Å². The van der Waals surface area contributed by atoms with Gasteiger partial charge in [-0.1, -0.05) is 38.5 Å². The van der Waals surface area contributed by atoms with Gasteiger partial charge in [-0.15, -0.1) is 10.2 Å². The number of fused-ring (bicyclic) bond motifs is 2. The van der Waals surface area contributed by atoms with Crippen molar-refractivity contribution in [1.82, 2.24) is 14.8 Å². The first-order valence-corrected chi connectivity index (χ1v) is 11.2. The fourth-order valence-electron chi connectivity index (χ4n) is 4.89. The second-order valence-electron chi connectivity index (χ2n) is 8.98. The summed E-state index contributed by atoms with van der Waals surface area (Å²) in [5, 5.41) is 8.88. The van der Waals surface area contributed by atoms with Gasteiger partial charge in [0.15, 0.2) is 5.82 Å². The molecular weight excluding hydrogens is 382 g/mol. The van der Waals surface area contributed by atoms with E-state index in [9.17, 15) is 0 Å². The van der Waals surface area contributed by atoms with Crippen LogP contribution >= 0.6 is 0 Å². The van der Waals surface area contributed by atoms with Crippen LogP contribution in [0.1, 0.15) is 44.5 Å². The van der Waals surface area contributed by atoms with Gasteiger partial charge in [0.2, 0.25) is 0 Å². The molecule has 5 rings (SSSR count). The molecule has 0 unspecified atom stereocenters. The van der Waals surface area contributed by atoms with Crippen molar-refractivity contribution < 1.29 is 0 Å². The number of para-hydroxylation sites is 1. The second kappa shape index (κ2) is 7.80. The van der Waals surface area contributed by atoms with E-state index in [-0.39, 0.29) is 5.41 Å². The maximum Gasteiger partial charge on any atom is 0.163 e. The van der Waals surface area contributed by atoms with Gasteiger partial charge in [0.25, 0.3) is 0 Å². The fourth-order valence-corrected chi connectivity index (χ4v) is 4.89. The lowest BCUT2D eigenvalue weighted by Gasteiger charge is -2.23. The molecule has 2 aromatic carbocycles. The summed E-state index contributed by atoms with van der Waals surface area (Å²) in [5.41, 5.74) is 5.88. The largest absolute Gasteiger partial charge is 0.347 e. The highest BCUT2D eigenvalue weighted by Crippen LogP contribution is 2.46. The van der Waals surface area contributed by atoms with Crippen LogP contribution in [-0.2, 0) is 18.4 Å². The summed E-state index contributed by atoms with van der Waals surface area (Å²) in [6.07, 6.45) is 8.74. The summed E-state index contributed by atoms with van der Waals surface area (Å²) in [7, 11) is 2.13. The molecule has 0 saturated carbocycles.